The van der Waals surface area contributed by atoms with E-state index < -0.39 is 15.8 Å². The third-order valence-electron chi connectivity index (χ3n) is 2.94. The molecule has 5 nitrogen and oxygen atoms in total. The highest BCUT2D eigenvalue weighted by molar-refractivity contribution is 7.91. The molecule has 1 rings (SSSR count). The zero-order valence-corrected chi connectivity index (χ0v) is 10.8. The van der Waals surface area contributed by atoms with Crippen molar-refractivity contribution >= 4 is 15.7 Å². The molecule has 2 atom stereocenters. The molecule has 96 valence electrons. The van der Waals surface area contributed by atoms with E-state index in [1.54, 1.807) is 0 Å². The Balaban J connectivity index is 2.36. The minimum Gasteiger partial charge on any atom is -0.355 e. The van der Waals surface area contributed by atoms with Gasteiger partial charge in [0.15, 0.2) is 9.84 Å². The standard InChI is InChI=1S/C11H18N2O3S/c1-2-3-10(6-12)11(14)13-7-9-4-5-17(15,16)8-9/h9-10H,2-5,7-8H2,1H3,(H,13,14). The lowest BCUT2D eigenvalue weighted by Crippen LogP contribution is -2.34. The van der Waals surface area contributed by atoms with Crippen molar-refractivity contribution in [3.8, 4) is 6.07 Å². The van der Waals surface area contributed by atoms with E-state index in [0.717, 1.165) is 6.42 Å². The molecule has 0 aromatic rings. The lowest BCUT2D eigenvalue weighted by Gasteiger charge is -2.12. The summed E-state index contributed by atoms with van der Waals surface area (Å²) < 4.78 is 22.4. The lowest BCUT2D eigenvalue weighted by atomic mass is 10.0. The van der Waals surface area contributed by atoms with Crippen LogP contribution in [-0.4, -0.2) is 32.4 Å². The molecule has 1 fully saturated rings. The second-order valence-corrected chi connectivity index (χ2v) is 6.71. The molecule has 6 heteroatoms. The monoisotopic (exact) mass is 258 g/mol. The van der Waals surface area contributed by atoms with E-state index in [1.165, 1.54) is 0 Å². The van der Waals surface area contributed by atoms with Gasteiger partial charge in [-0.15, -0.1) is 0 Å². The van der Waals surface area contributed by atoms with Crippen LogP contribution >= 0.6 is 0 Å². The van der Waals surface area contributed by atoms with Crippen LogP contribution in [0.3, 0.4) is 0 Å². The van der Waals surface area contributed by atoms with E-state index in [4.69, 9.17) is 5.26 Å². The summed E-state index contributed by atoms with van der Waals surface area (Å²) in [5, 5.41) is 11.5. The van der Waals surface area contributed by atoms with E-state index in [9.17, 15) is 13.2 Å². The molecule has 1 saturated heterocycles. The molecule has 0 aromatic carbocycles. The Morgan fingerprint density at radius 3 is 2.76 bits per heavy atom. The maximum Gasteiger partial charge on any atom is 0.237 e. The van der Waals surface area contributed by atoms with Crippen LogP contribution in [0.5, 0.6) is 0 Å². The number of nitriles is 1. The Hall–Kier alpha value is -1.09. The highest BCUT2D eigenvalue weighted by atomic mass is 32.2. The van der Waals surface area contributed by atoms with E-state index in [1.807, 2.05) is 13.0 Å². The van der Waals surface area contributed by atoms with Crippen molar-refractivity contribution < 1.29 is 13.2 Å². The summed E-state index contributed by atoms with van der Waals surface area (Å²) in [6.07, 6.45) is 1.93. The number of carbonyl (C=O) groups is 1. The first-order valence-electron chi connectivity index (χ1n) is 5.86. The molecule has 1 aliphatic heterocycles. The molecule has 0 aromatic heterocycles. The number of hydrogen-bond acceptors (Lipinski definition) is 4. The number of carbonyl (C=O) groups excluding carboxylic acids is 1. The third kappa shape index (κ3) is 4.35. The van der Waals surface area contributed by atoms with Gasteiger partial charge in [-0.3, -0.25) is 4.79 Å². The largest absolute Gasteiger partial charge is 0.355 e. The number of hydrogen-bond donors (Lipinski definition) is 1. The number of nitrogens with one attached hydrogen (secondary N) is 1. The SMILES string of the molecule is CCCC(C#N)C(=O)NCC1CCS(=O)(=O)C1. The summed E-state index contributed by atoms with van der Waals surface area (Å²) in [4.78, 5) is 11.6. The van der Waals surface area contributed by atoms with Crippen LogP contribution < -0.4 is 5.32 Å². The van der Waals surface area contributed by atoms with Crippen molar-refractivity contribution in [2.24, 2.45) is 11.8 Å². The normalized spacial score (nSPS) is 23.9. The molecule has 0 aliphatic carbocycles. The zero-order chi connectivity index (χ0) is 12.9. The zero-order valence-electron chi connectivity index (χ0n) is 9.98. The first-order valence-corrected chi connectivity index (χ1v) is 7.68. The van der Waals surface area contributed by atoms with Gasteiger partial charge in [0, 0.05) is 6.54 Å². The fourth-order valence-electron chi connectivity index (χ4n) is 1.94. The van der Waals surface area contributed by atoms with Crippen LogP contribution in [0.1, 0.15) is 26.2 Å². The molecule has 17 heavy (non-hydrogen) atoms. The van der Waals surface area contributed by atoms with Crippen LogP contribution in [0.15, 0.2) is 0 Å². The molecule has 0 saturated carbocycles. The molecule has 0 radical (unpaired) electrons. The molecule has 0 spiro atoms. The molecule has 1 amide bonds. The van der Waals surface area contributed by atoms with Gasteiger partial charge < -0.3 is 5.32 Å². The van der Waals surface area contributed by atoms with Crippen molar-refractivity contribution in [2.75, 3.05) is 18.1 Å². The predicted octanol–water partition coefficient (Wildman–Crippen LogP) is 0.477. The quantitative estimate of drug-likeness (QED) is 0.777. The van der Waals surface area contributed by atoms with Crippen LogP contribution in [0.2, 0.25) is 0 Å². The number of rotatable bonds is 5. The van der Waals surface area contributed by atoms with Crippen molar-refractivity contribution in [2.45, 2.75) is 26.2 Å². The van der Waals surface area contributed by atoms with E-state index in [-0.39, 0.29) is 23.3 Å². The number of nitrogens with zero attached hydrogens (tertiary/aromatic N) is 1. The summed E-state index contributed by atoms with van der Waals surface area (Å²) in [6, 6.07) is 1.96. The van der Waals surface area contributed by atoms with Crippen LogP contribution in [0, 0.1) is 23.2 Å². The Morgan fingerprint density at radius 2 is 2.29 bits per heavy atom. The average molecular weight is 258 g/mol. The molecule has 1 N–H and O–H groups in total. The van der Waals surface area contributed by atoms with Gasteiger partial charge in [0.25, 0.3) is 0 Å². The maximum atomic E-state index is 11.6. The number of sulfone groups is 1. The van der Waals surface area contributed by atoms with Gasteiger partial charge in [-0.05, 0) is 18.8 Å². The fraction of sp³-hybridized carbons (Fsp3) is 0.818. The summed E-state index contributed by atoms with van der Waals surface area (Å²) in [5.74, 6) is -0.524. The minimum atomic E-state index is -2.90. The topological polar surface area (TPSA) is 87.0 Å². The first-order chi connectivity index (χ1) is 7.98. The van der Waals surface area contributed by atoms with Crippen molar-refractivity contribution in [1.29, 1.82) is 5.26 Å². The van der Waals surface area contributed by atoms with Crippen LogP contribution in [0.4, 0.5) is 0 Å². The van der Waals surface area contributed by atoms with Gasteiger partial charge in [0.05, 0.1) is 17.6 Å². The molecule has 1 aliphatic rings. The second-order valence-electron chi connectivity index (χ2n) is 4.48. The van der Waals surface area contributed by atoms with Gasteiger partial charge in [0.2, 0.25) is 5.91 Å². The second kappa shape index (κ2) is 6.01. The average Bonchev–Trinajstić information content (AvgIpc) is 2.62. The lowest BCUT2D eigenvalue weighted by molar-refractivity contribution is -0.123. The maximum absolute atomic E-state index is 11.6. The van der Waals surface area contributed by atoms with Gasteiger partial charge in [0.1, 0.15) is 5.92 Å². The van der Waals surface area contributed by atoms with Gasteiger partial charge >= 0.3 is 0 Å². The molecule has 2 unspecified atom stereocenters. The van der Waals surface area contributed by atoms with Crippen molar-refractivity contribution in [1.82, 2.24) is 5.32 Å². The van der Waals surface area contributed by atoms with E-state index in [0.29, 0.717) is 19.4 Å². The highest BCUT2D eigenvalue weighted by Gasteiger charge is 2.28. The molecular formula is C11H18N2O3S. The summed E-state index contributed by atoms with van der Waals surface area (Å²) in [6.45, 7) is 2.28. The highest BCUT2D eigenvalue weighted by Crippen LogP contribution is 2.17. The Labute approximate surface area is 102 Å². The van der Waals surface area contributed by atoms with E-state index in [2.05, 4.69) is 5.32 Å². The van der Waals surface area contributed by atoms with Crippen molar-refractivity contribution in [3.05, 3.63) is 0 Å². The van der Waals surface area contributed by atoms with Gasteiger partial charge in [-0.25, -0.2) is 8.42 Å². The number of amides is 1. The summed E-state index contributed by atoms with van der Waals surface area (Å²) in [7, 11) is -2.90. The van der Waals surface area contributed by atoms with Crippen molar-refractivity contribution in [3.63, 3.8) is 0 Å². The van der Waals surface area contributed by atoms with Crippen LogP contribution in [0.25, 0.3) is 0 Å². The molecule has 0 bridgehead atoms. The smallest absolute Gasteiger partial charge is 0.237 e. The summed E-state index contributed by atoms with van der Waals surface area (Å²) in [5.41, 5.74) is 0. The van der Waals surface area contributed by atoms with Crippen LogP contribution in [-0.2, 0) is 14.6 Å². The molecular weight excluding hydrogens is 240 g/mol. The Morgan fingerprint density at radius 1 is 1.59 bits per heavy atom. The van der Waals surface area contributed by atoms with Gasteiger partial charge in [-0.1, -0.05) is 13.3 Å². The van der Waals surface area contributed by atoms with E-state index >= 15 is 0 Å². The van der Waals surface area contributed by atoms with Gasteiger partial charge in [-0.2, -0.15) is 5.26 Å². The fourth-order valence-corrected chi connectivity index (χ4v) is 3.81. The Kier molecular flexibility index (Phi) is 4.94. The predicted molar refractivity (Wildman–Crippen MR) is 63.8 cm³/mol. The molecule has 1 heterocycles. The summed E-state index contributed by atoms with van der Waals surface area (Å²) >= 11 is 0. The third-order valence-corrected chi connectivity index (χ3v) is 4.78. The first kappa shape index (κ1) is 14.0. The minimum absolute atomic E-state index is 0.00455. The Bertz CT molecular complexity index is 411.